The Labute approximate surface area is 194 Å². The van der Waals surface area contributed by atoms with E-state index in [1.807, 2.05) is 43.0 Å². The molecule has 1 saturated heterocycles. The lowest BCUT2D eigenvalue weighted by atomic mass is 10.2. The van der Waals surface area contributed by atoms with Gasteiger partial charge in [-0.2, -0.15) is 4.31 Å². The Kier molecular flexibility index (Phi) is 7.05. The first-order chi connectivity index (χ1) is 16.0. The van der Waals surface area contributed by atoms with E-state index >= 15 is 0 Å². The molecule has 0 aliphatic carbocycles. The van der Waals surface area contributed by atoms with Crippen LogP contribution in [0.1, 0.15) is 13.8 Å². The van der Waals surface area contributed by atoms with E-state index in [1.54, 1.807) is 30.6 Å². The molecular formula is C23H27N5O4S. The van der Waals surface area contributed by atoms with Gasteiger partial charge in [0.05, 0.1) is 18.9 Å². The van der Waals surface area contributed by atoms with Crippen molar-refractivity contribution in [1.82, 2.24) is 19.5 Å². The molecule has 0 atom stereocenters. The quantitative estimate of drug-likeness (QED) is 0.497. The van der Waals surface area contributed by atoms with Crippen LogP contribution in [0.25, 0.3) is 11.3 Å². The number of piperazine rings is 1. The first-order valence-electron chi connectivity index (χ1n) is 10.9. The van der Waals surface area contributed by atoms with Gasteiger partial charge in [0.25, 0.3) is 0 Å². The lowest BCUT2D eigenvalue weighted by Crippen LogP contribution is -2.49. The van der Waals surface area contributed by atoms with Crippen molar-refractivity contribution in [3.63, 3.8) is 0 Å². The zero-order valence-corrected chi connectivity index (χ0v) is 19.5. The van der Waals surface area contributed by atoms with Gasteiger partial charge in [-0.15, -0.1) is 10.2 Å². The summed E-state index contributed by atoms with van der Waals surface area (Å²) in [4.78, 5) is 6.29. The van der Waals surface area contributed by atoms with Gasteiger partial charge in [-0.3, -0.25) is 4.98 Å². The Morgan fingerprint density at radius 2 is 1.73 bits per heavy atom. The summed E-state index contributed by atoms with van der Waals surface area (Å²) in [6.07, 6.45) is 3.45. The normalized spacial score (nSPS) is 14.8. The molecule has 1 fully saturated rings. The molecule has 0 bridgehead atoms. The fourth-order valence-electron chi connectivity index (χ4n) is 3.69. The molecule has 10 heteroatoms. The third-order valence-electron chi connectivity index (χ3n) is 5.31. The van der Waals surface area contributed by atoms with E-state index in [-0.39, 0.29) is 4.90 Å². The highest BCUT2D eigenvalue weighted by Crippen LogP contribution is 2.32. The summed E-state index contributed by atoms with van der Waals surface area (Å²) in [5.41, 5.74) is 1.64. The lowest BCUT2D eigenvalue weighted by Gasteiger charge is -2.34. The van der Waals surface area contributed by atoms with Crippen LogP contribution in [0.4, 0.5) is 5.82 Å². The van der Waals surface area contributed by atoms with Crippen molar-refractivity contribution in [1.29, 1.82) is 0 Å². The van der Waals surface area contributed by atoms with Gasteiger partial charge in [-0.25, -0.2) is 8.42 Å². The number of rotatable bonds is 8. The van der Waals surface area contributed by atoms with Gasteiger partial charge in [-0.05, 0) is 50.2 Å². The molecule has 4 rings (SSSR count). The first-order valence-corrected chi connectivity index (χ1v) is 12.4. The Bertz CT molecular complexity index is 1170. The van der Waals surface area contributed by atoms with Crippen molar-refractivity contribution in [2.75, 3.05) is 44.3 Å². The number of benzene rings is 1. The van der Waals surface area contributed by atoms with Crippen molar-refractivity contribution in [3.8, 4) is 22.8 Å². The molecule has 1 aromatic carbocycles. The molecule has 0 unspecified atom stereocenters. The molecule has 2 aromatic heterocycles. The van der Waals surface area contributed by atoms with Crippen molar-refractivity contribution >= 4 is 15.8 Å². The second-order valence-electron chi connectivity index (χ2n) is 7.38. The fraction of sp³-hybridized carbons (Fsp3) is 0.348. The summed E-state index contributed by atoms with van der Waals surface area (Å²) >= 11 is 0. The summed E-state index contributed by atoms with van der Waals surface area (Å²) in [6.45, 7) is 6.26. The van der Waals surface area contributed by atoms with Crippen LogP contribution in [-0.2, 0) is 10.0 Å². The van der Waals surface area contributed by atoms with E-state index < -0.39 is 10.0 Å². The molecule has 0 spiro atoms. The molecule has 174 valence electrons. The highest BCUT2D eigenvalue weighted by Gasteiger charge is 2.31. The predicted octanol–water partition coefficient (Wildman–Crippen LogP) is 2.85. The maximum Gasteiger partial charge on any atom is 0.246 e. The van der Waals surface area contributed by atoms with Crippen LogP contribution in [0, 0.1) is 0 Å². The van der Waals surface area contributed by atoms with Gasteiger partial charge < -0.3 is 14.4 Å². The smallest absolute Gasteiger partial charge is 0.246 e. The third kappa shape index (κ3) is 5.07. The molecule has 0 radical (unpaired) electrons. The van der Waals surface area contributed by atoms with Gasteiger partial charge in [0.15, 0.2) is 5.82 Å². The number of nitrogens with zero attached hydrogens (tertiary/aromatic N) is 5. The third-order valence-corrected chi connectivity index (χ3v) is 7.25. The SMILES string of the molecule is CCOc1ccc(S(=O)(=O)N2CCN(c3ccc(-c4cccnc4)nn3)CC2)c(OCC)c1. The summed E-state index contributed by atoms with van der Waals surface area (Å²) in [7, 11) is -3.71. The molecule has 3 heterocycles. The number of sulfonamides is 1. The molecule has 33 heavy (non-hydrogen) atoms. The number of aromatic nitrogens is 3. The van der Waals surface area contributed by atoms with Crippen LogP contribution < -0.4 is 14.4 Å². The van der Waals surface area contributed by atoms with Gasteiger partial charge in [0.1, 0.15) is 16.4 Å². The lowest BCUT2D eigenvalue weighted by molar-refractivity contribution is 0.314. The minimum atomic E-state index is -3.71. The average molecular weight is 470 g/mol. The maximum absolute atomic E-state index is 13.3. The zero-order chi connectivity index (χ0) is 23.3. The van der Waals surface area contributed by atoms with Crippen LogP contribution in [0.3, 0.4) is 0 Å². The first kappa shape index (κ1) is 22.9. The summed E-state index contributed by atoms with van der Waals surface area (Å²) in [5.74, 6) is 1.61. The Morgan fingerprint density at radius 1 is 0.939 bits per heavy atom. The van der Waals surface area contributed by atoms with Gasteiger partial charge in [0, 0.05) is 50.2 Å². The van der Waals surface area contributed by atoms with Crippen LogP contribution in [0.5, 0.6) is 11.5 Å². The molecule has 0 amide bonds. The van der Waals surface area contributed by atoms with Crippen molar-refractivity contribution in [2.24, 2.45) is 0 Å². The summed E-state index contributed by atoms with van der Waals surface area (Å²) in [5, 5.41) is 8.64. The average Bonchev–Trinajstić information content (AvgIpc) is 2.85. The second kappa shape index (κ2) is 10.1. The number of hydrogen-bond donors (Lipinski definition) is 0. The second-order valence-corrected chi connectivity index (χ2v) is 9.29. The molecule has 0 saturated carbocycles. The number of pyridine rings is 1. The van der Waals surface area contributed by atoms with Gasteiger partial charge >= 0.3 is 0 Å². The molecule has 3 aromatic rings. The topological polar surface area (TPSA) is 97.8 Å². The van der Waals surface area contributed by atoms with E-state index in [0.717, 1.165) is 17.1 Å². The van der Waals surface area contributed by atoms with Crippen LogP contribution in [0.15, 0.2) is 59.8 Å². The Balaban J connectivity index is 1.46. The Morgan fingerprint density at radius 3 is 2.36 bits per heavy atom. The van der Waals surface area contributed by atoms with E-state index in [4.69, 9.17) is 9.47 Å². The van der Waals surface area contributed by atoms with E-state index in [9.17, 15) is 8.42 Å². The van der Waals surface area contributed by atoms with Gasteiger partial charge in [0.2, 0.25) is 10.0 Å². The van der Waals surface area contributed by atoms with E-state index in [2.05, 4.69) is 15.2 Å². The van der Waals surface area contributed by atoms with Crippen molar-refractivity contribution < 1.29 is 17.9 Å². The highest BCUT2D eigenvalue weighted by molar-refractivity contribution is 7.89. The minimum Gasteiger partial charge on any atom is -0.494 e. The minimum absolute atomic E-state index is 0.155. The van der Waals surface area contributed by atoms with Crippen LogP contribution in [-0.4, -0.2) is 67.3 Å². The standard InChI is InChI=1S/C23H27N5O4S/c1-3-31-19-7-9-22(21(16-19)32-4-2)33(29,30)28-14-12-27(13-15-28)23-10-8-20(25-26-23)18-6-5-11-24-17-18/h5-11,16-17H,3-4,12-15H2,1-2H3. The monoisotopic (exact) mass is 469 g/mol. The molecule has 0 N–H and O–H groups in total. The Hall–Kier alpha value is -3.24. The molecule has 9 nitrogen and oxygen atoms in total. The van der Waals surface area contributed by atoms with E-state index in [1.165, 1.54) is 4.31 Å². The summed E-state index contributed by atoms with van der Waals surface area (Å²) < 4.78 is 39.3. The maximum atomic E-state index is 13.3. The van der Waals surface area contributed by atoms with Crippen molar-refractivity contribution in [3.05, 3.63) is 54.9 Å². The van der Waals surface area contributed by atoms with Crippen LogP contribution >= 0.6 is 0 Å². The number of anilines is 1. The largest absolute Gasteiger partial charge is 0.494 e. The van der Waals surface area contributed by atoms with Crippen LogP contribution in [0.2, 0.25) is 0 Å². The van der Waals surface area contributed by atoms with Crippen molar-refractivity contribution in [2.45, 2.75) is 18.7 Å². The molecular weight excluding hydrogens is 442 g/mol. The van der Waals surface area contributed by atoms with Gasteiger partial charge in [-0.1, -0.05) is 0 Å². The number of ether oxygens (including phenoxy) is 2. The molecule has 1 aliphatic rings. The predicted molar refractivity (Wildman–Crippen MR) is 125 cm³/mol. The zero-order valence-electron chi connectivity index (χ0n) is 18.7. The molecule has 1 aliphatic heterocycles. The summed E-state index contributed by atoms with van der Waals surface area (Å²) in [6, 6.07) is 12.4. The number of hydrogen-bond acceptors (Lipinski definition) is 8. The fourth-order valence-corrected chi connectivity index (χ4v) is 5.22. The highest BCUT2D eigenvalue weighted by atomic mass is 32.2. The van der Waals surface area contributed by atoms with E-state index in [0.29, 0.717) is 50.9 Å².